The van der Waals surface area contributed by atoms with Crippen LogP contribution in [-0.4, -0.2) is 9.97 Å². The molecule has 2 heteroatoms. The second-order valence-electron chi connectivity index (χ2n) is 9.39. The van der Waals surface area contributed by atoms with Gasteiger partial charge in [0.2, 0.25) is 0 Å². The Morgan fingerprint density at radius 3 is 2.54 bits per heavy atom. The van der Waals surface area contributed by atoms with Crippen LogP contribution < -0.4 is 0 Å². The molecule has 1 aromatic rings. The number of fused-ring (bicyclic) bond motifs is 6. The van der Waals surface area contributed by atoms with Crippen LogP contribution in [0.4, 0.5) is 0 Å². The third-order valence-corrected chi connectivity index (χ3v) is 7.71. The van der Waals surface area contributed by atoms with Crippen LogP contribution in [0.15, 0.2) is 42.5 Å². The van der Waals surface area contributed by atoms with Crippen molar-refractivity contribution < 1.29 is 0 Å². The molecule has 3 unspecified atom stereocenters. The first-order chi connectivity index (χ1) is 13.7. The van der Waals surface area contributed by atoms with Gasteiger partial charge in [0.1, 0.15) is 5.82 Å². The molecule has 0 N–H and O–H groups in total. The minimum Gasteiger partial charge on any atom is -0.238 e. The minimum atomic E-state index is 0.621. The van der Waals surface area contributed by atoms with E-state index >= 15 is 0 Å². The molecule has 0 spiro atoms. The van der Waals surface area contributed by atoms with E-state index in [9.17, 15) is 0 Å². The van der Waals surface area contributed by atoms with E-state index in [1.165, 1.54) is 60.1 Å². The van der Waals surface area contributed by atoms with Crippen molar-refractivity contribution >= 4 is 0 Å². The van der Waals surface area contributed by atoms with Crippen LogP contribution >= 0.6 is 0 Å². The highest BCUT2D eigenvalue weighted by Crippen LogP contribution is 2.77. The summed E-state index contributed by atoms with van der Waals surface area (Å²) in [5, 5.41) is 0. The monoisotopic (exact) mass is 368 g/mol. The summed E-state index contributed by atoms with van der Waals surface area (Å²) in [6.45, 7) is 4.26. The van der Waals surface area contributed by atoms with Gasteiger partial charge in [0.25, 0.3) is 0 Å². The van der Waals surface area contributed by atoms with Gasteiger partial charge in [-0.2, -0.15) is 0 Å². The summed E-state index contributed by atoms with van der Waals surface area (Å²) >= 11 is 0. The van der Waals surface area contributed by atoms with Crippen LogP contribution in [0.1, 0.15) is 55.1 Å². The lowest BCUT2D eigenvalue weighted by Gasteiger charge is -2.18. The molecule has 0 aliphatic heterocycles. The Morgan fingerprint density at radius 1 is 0.821 bits per heavy atom. The van der Waals surface area contributed by atoms with Gasteiger partial charge >= 0.3 is 0 Å². The molecule has 2 nitrogen and oxygen atoms in total. The van der Waals surface area contributed by atoms with Gasteiger partial charge in [-0.15, -0.1) is 0 Å². The standard InChI is InChI=1S/C26H28N2/c1-15-19-10-5-3-4-8-17(12-21(15)19)23-14-24(28-16(2)27-23)18-9-6-7-11-20-25-22(13-18)26(20)25/h3-5,8,10,12,14,18,20,22,25-26H,6-7,9,11,13H2,1-2H3. The topological polar surface area (TPSA) is 25.8 Å². The van der Waals surface area contributed by atoms with Gasteiger partial charge < -0.3 is 0 Å². The highest BCUT2D eigenvalue weighted by atomic mass is 14.9. The number of rotatable bonds is 2. The van der Waals surface area contributed by atoms with Crippen LogP contribution in [0.3, 0.4) is 0 Å². The van der Waals surface area contributed by atoms with Crippen molar-refractivity contribution in [2.75, 3.05) is 0 Å². The predicted octanol–water partition coefficient (Wildman–Crippen LogP) is 6.40. The summed E-state index contributed by atoms with van der Waals surface area (Å²) in [6.07, 6.45) is 6.92. The van der Waals surface area contributed by atoms with Gasteiger partial charge in [-0.25, -0.2) is 9.97 Å². The Hall–Kier alpha value is -2.22. The predicted molar refractivity (Wildman–Crippen MR) is 113 cm³/mol. The summed E-state index contributed by atoms with van der Waals surface area (Å²) in [5.74, 6) is 5.82. The summed E-state index contributed by atoms with van der Waals surface area (Å²) in [4.78, 5) is 9.75. The molecule has 0 radical (unpaired) electrons. The van der Waals surface area contributed by atoms with Gasteiger partial charge in [0, 0.05) is 17.2 Å². The average Bonchev–Trinajstić information content (AvgIpc) is 3.63. The molecule has 0 aromatic carbocycles. The average molecular weight is 369 g/mol. The van der Waals surface area contributed by atoms with Crippen molar-refractivity contribution in [1.29, 1.82) is 0 Å². The summed E-state index contributed by atoms with van der Waals surface area (Å²) in [6, 6.07) is 15.4. The first-order valence-corrected chi connectivity index (χ1v) is 11.0. The maximum Gasteiger partial charge on any atom is 0.126 e. The minimum absolute atomic E-state index is 0.621. The van der Waals surface area contributed by atoms with Crippen molar-refractivity contribution in [3.63, 3.8) is 0 Å². The number of hydrogen-bond acceptors (Lipinski definition) is 2. The van der Waals surface area contributed by atoms with E-state index < -0.39 is 0 Å². The maximum atomic E-state index is 4.92. The molecular weight excluding hydrogens is 340 g/mol. The molecule has 1 aromatic heterocycles. The second kappa shape index (κ2) is 6.14. The van der Waals surface area contributed by atoms with Crippen LogP contribution in [0.25, 0.3) is 22.4 Å². The van der Waals surface area contributed by atoms with Crippen molar-refractivity contribution in [2.24, 2.45) is 23.7 Å². The lowest BCUT2D eigenvalue weighted by molar-refractivity contribution is 0.413. The van der Waals surface area contributed by atoms with E-state index in [1.54, 1.807) is 0 Å². The molecule has 0 amide bonds. The van der Waals surface area contributed by atoms with Crippen LogP contribution in [0.5, 0.6) is 0 Å². The molecule has 0 saturated heterocycles. The SMILES string of the molecule is Cc1nc(-c2cccccc3c(C)c-3c2)cc(C2CCCCC3C4C(C2)C34)n1. The number of aromatic nitrogens is 2. The Balaban J connectivity index is 1.36. The molecular formula is C26H28N2. The van der Waals surface area contributed by atoms with Crippen molar-refractivity contribution in [3.05, 3.63) is 59.5 Å². The molecule has 4 saturated carbocycles. The second-order valence-corrected chi connectivity index (χ2v) is 9.39. The highest BCUT2D eigenvalue weighted by Gasteiger charge is 2.71. The molecule has 4 fully saturated rings. The lowest BCUT2D eigenvalue weighted by atomic mass is 9.89. The Labute approximate surface area is 167 Å². The molecule has 6 aliphatic carbocycles. The zero-order valence-electron chi connectivity index (χ0n) is 16.9. The summed E-state index contributed by atoms with van der Waals surface area (Å²) in [5.41, 5.74) is 7.72. The molecule has 1 heterocycles. The van der Waals surface area contributed by atoms with Gasteiger partial charge in [-0.05, 0) is 85.6 Å². The van der Waals surface area contributed by atoms with Gasteiger partial charge in [-0.3, -0.25) is 0 Å². The highest BCUT2D eigenvalue weighted by molar-refractivity contribution is 5.88. The normalized spacial score (nSPS) is 30.9. The van der Waals surface area contributed by atoms with E-state index in [-0.39, 0.29) is 0 Å². The van der Waals surface area contributed by atoms with E-state index in [4.69, 9.17) is 9.97 Å². The molecule has 6 aliphatic rings. The number of hydrogen-bond donors (Lipinski definition) is 0. The van der Waals surface area contributed by atoms with E-state index in [2.05, 4.69) is 56.3 Å². The first-order valence-electron chi connectivity index (χ1n) is 11.0. The summed E-state index contributed by atoms with van der Waals surface area (Å²) in [7, 11) is 0. The zero-order chi connectivity index (χ0) is 18.8. The fraction of sp³-hybridized carbons (Fsp3) is 0.462. The molecule has 3 atom stereocenters. The molecule has 7 rings (SSSR count). The Kier molecular flexibility index (Phi) is 3.66. The van der Waals surface area contributed by atoms with Gasteiger partial charge in [0.05, 0.1) is 5.69 Å². The Morgan fingerprint density at radius 2 is 1.64 bits per heavy atom. The fourth-order valence-electron chi connectivity index (χ4n) is 5.94. The number of nitrogens with zero attached hydrogens (tertiary/aromatic N) is 2. The van der Waals surface area contributed by atoms with Crippen molar-refractivity contribution in [2.45, 2.75) is 51.9 Å². The molecule has 28 heavy (non-hydrogen) atoms. The third kappa shape index (κ3) is 2.77. The van der Waals surface area contributed by atoms with E-state index in [1.807, 2.05) is 0 Å². The zero-order valence-corrected chi connectivity index (χ0v) is 16.9. The molecule has 2 bridgehead atoms. The van der Waals surface area contributed by atoms with Crippen molar-refractivity contribution in [1.82, 2.24) is 9.97 Å². The fourth-order valence-corrected chi connectivity index (χ4v) is 5.94. The van der Waals surface area contributed by atoms with Gasteiger partial charge in [0.15, 0.2) is 0 Å². The third-order valence-electron chi connectivity index (χ3n) is 7.71. The smallest absolute Gasteiger partial charge is 0.126 e. The first kappa shape index (κ1) is 16.7. The lowest BCUT2D eigenvalue weighted by Crippen LogP contribution is -2.08. The maximum absolute atomic E-state index is 4.92. The van der Waals surface area contributed by atoms with Crippen molar-refractivity contribution in [3.8, 4) is 22.4 Å². The summed E-state index contributed by atoms with van der Waals surface area (Å²) < 4.78 is 0. The van der Waals surface area contributed by atoms with Crippen LogP contribution in [-0.2, 0) is 0 Å². The number of aryl methyl sites for hydroxylation is 2. The molecule has 142 valence electrons. The van der Waals surface area contributed by atoms with E-state index in [0.29, 0.717) is 5.92 Å². The van der Waals surface area contributed by atoms with Crippen LogP contribution in [0.2, 0.25) is 0 Å². The quantitative estimate of drug-likeness (QED) is 0.522. The largest absolute Gasteiger partial charge is 0.238 e. The Bertz CT molecular complexity index is 1010. The van der Waals surface area contributed by atoms with Gasteiger partial charge in [-0.1, -0.05) is 43.2 Å². The van der Waals surface area contributed by atoms with Crippen LogP contribution in [0, 0.1) is 37.5 Å². The van der Waals surface area contributed by atoms with E-state index in [0.717, 1.165) is 35.2 Å².